The second-order valence-corrected chi connectivity index (χ2v) is 11.3. The average Bonchev–Trinajstić information content (AvgIpc) is 2.94. The number of pyridine rings is 1. The molecule has 0 radical (unpaired) electrons. The molecule has 3 aromatic rings. The van der Waals surface area contributed by atoms with E-state index in [-0.39, 0.29) is 23.3 Å². The Morgan fingerprint density at radius 2 is 1.73 bits per heavy atom. The van der Waals surface area contributed by atoms with Gasteiger partial charge in [0.05, 0.1) is 11.1 Å². The summed E-state index contributed by atoms with van der Waals surface area (Å²) in [6.45, 7) is 5.03. The lowest BCUT2D eigenvalue weighted by Gasteiger charge is -2.34. The Balaban J connectivity index is 1.35. The number of hydrogen-bond donors (Lipinski definition) is 4. The van der Waals surface area contributed by atoms with Crippen molar-refractivity contribution in [2.24, 2.45) is 0 Å². The van der Waals surface area contributed by atoms with Crippen molar-refractivity contribution in [1.82, 2.24) is 15.2 Å². The molecule has 0 aliphatic carbocycles. The number of amidine groups is 1. The van der Waals surface area contributed by atoms with Crippen LogP contribution in [-0.2, 0) is 4.74 Å². The maximum absolute atomic E-state index is 13.6. The molecule has 216 valence electrons. The summed E-state index contributed by atoms with van der Waals surface area (Å²) in [5.74, 6) is -2.02. The summed E-state index contributed by atoms with van der Waals surface area (Å²) in [6.07, 6.45) is 3.11. The summed E-state index contributed by atoms with van der Waals surface area (Å²) in [6, 6.07) is 10.7. The number of rotatable bonds is 7. The Morgan fingerprint density at radius 1 is 1.02 bits per heavy atom. The van der Waals surface area contributed by atoms with Gasteiger partial charge in [-0.25, -0.2) is 13.8 Å². The van der Waals surface area contributed by atoms with Gasteiger partial charge in [0.1, 0.15) is 23.3 Å². The number of anilines is 3. The lowest BCUT2D eigenvalue weighted by atomic mass is 10.1. The Bertz CT molecular complexity index is 1410. The zero-order valence-corrected chi connectivity index (χ0v) is 23.6. The minimum absolute atomic E-state index is 0.0519. The van der Waals surface area contributed by atoms with Gasteiger partial charge in [-0.3, -0.25) is 10.2 Å². The van der Waals surface area contributed by atoms with Gasteiger partial charge in [-0.05, 0) is 56.3 Å². The third kappa shape index (κ3) is 7.32. The molecule has 0 unspecified atom stereocenters. The third-order valence-electron chi connectivity index (χ3n) is 7.17. The van der Waals surface area contributed by atoms with Crippen LogP contribution in [0.4, 0.5) is 26.0 Å². The van der Waals surface area contributed by atoms with Gasteiger partial charge in [0.25, 0.3) is 5.91 Å². The van der Waals surface area contributed by atoms with Crippen molar-refractivity contribution in [2.75, 3.05) is 62.4 Å². The summed E-state index contributed by atoms with van der Waals surface area (Å²) in [5, 5.41) is 14.8. The molecule has 2 aliphatic heterocycles. The van der Waals surface area contributed by atoms with Crippen molar-refractivity contribution in [1.29, 1.82) is 5.41 Å². The van der Waals surface area contributed by atoms with E-state index < -0.39 is 17.5 Å². The SMILES string of the molecule is CN1CCN(c2ccc(C(=O)NC(=N)c3cc(Sc4cc(F)cc(F)c4)cnc3N)c(NC3CCOCC3)c2)CC1. The molecule has 12 heteroatoms. The molecule has 5 N–H and O–H groups in total. The molecule has 9 nitrogen and oxygen atoms in total. The summed E-state index contributed by atoms with van der Waals surface area (Å²) in [7, 11) is 2.11. The fraction of sp³-hybridized carbons (Fsp3) is 0.345. The molecule has 0 bridgehead atoms. The molecule has 0 saturated carbocycles. The fourth-order valence-electron chi connectivity index (χ4n) is 4.86. The number of nitrogen functional groups attached to an aromatic ring is 1. The van der Waals surface area contributed by atoms with E-state index in [9.17, 15) is 13.6 Å². The van der Waals surface area contributed by atoms with Crippen molar-refractivity contribution in [3.63, 3.8) is 0 Å². The number of benzene rings is 2. The molecular formula is C29H33F2N7O2S. The highest BCUT2D eigenvalue weighted by Gasteiger charge is 2.22. The van der Waals surface area contributed by atoms with Gasteiger partial charge in [-0.1, -0.05) is 11.8 Å². The maximum Gasteiger partial charge on any atom is 0.258 e. The van der Waals surface area contributed by atoms with Crippen LogP contribution in [0.15, 0.2) is 58.5 Å². The standard InChI is InChI=1S/C29H33F2N7O2S/c1-37-6-8-38(9-7-37)21-2-3-24(26(15-21)35-20-4-10-40-11-5-20)29(39)36-28(33)25-16-23(17-34-27(25)32)41-22-13-18(30)12-19(31)14-22/h2-3,12-17,20,35H,4-11H2,1H3,(H2,32,34)(H2,33,36,39). The second-order valence-electron chi connectivity index (χ2n) is 10.2. The van der Waals surface area contributed by atoms with Crippen LogP contribution in [-0.4, -0.2) is 74.1 Å². The molecular weight excluding hydrogens is 548 g/mol. The summed E-state index contributed by atoms with van der Waals surface area (Å²) in [5.41, 5.74) is 8.39. The topological polar surface area (TPSA) is 120 Å². The lowest BCUT2D eigenvalue weighted by Crippen LogP contribution is -2.44. The predicted octanol–water partition coefficient (Wildman–Crippen LogP) is 4.19. The van der Waals surface area contributed by atoms with Crippen molar-refractivity contribution in [2.45, 2.75) is 28.7 Å². The monoisotopic (exact) mass is 581 g/mol. The first-order valence-corrected chi connectivity index (χ1v) is 14.3. The van der Waals surface area contributed by atoms with Gasteiger partial charge in [-0.2, -0.15) is 0 Å². The van der Waals surface area contributed by atoms with Gasteiger partial charge in [0.2, 0.25) is 0 Å². The van der Waals surface area contributed by atoms with Gasteiger partial charge in [-0.15, -0.1) is 0 Å². The quantitative estimate of drug-likeness (QED) is 0.242. The third-order valence-corrected chi connectivity index (χ3v) is 8.10. The molecule has 1 aromatic heterocycles. The van der Waals surface area contributed by atoms with Crippen LogP contribution in [0.2, 0.25) is 0 Å². The smallest absolute Gasteiger partial charge is 0.258 e. The van der Waals surface area contributed by atoms with E-state index in [0.717, 1.165) is 62.5 Å². The Hall–Kier alpha value is -3.74. The van der Waals surface area contributed by atoms with Crippen molar-refractivity contribution < 1.29 is 18.3 Å². The number of nitrogens with two attached hydrogens (primary N) is 1. The fourth-order valence-corrected chi connectivity index (χ4v) is 5.75. The summed E-state index contributed by atoms with van der Waals surface area (Å²) >= 11 is 1.07. The minimum Gasteiger partial charge on any atom is -0.383 e. The molecule has 0 spiro atoms. The highest BCUT2D eigenvalue weighted by atomic mass is 32.2. The number of nitrogens with one attached hydrogen (secondary N) is 3. The highest BCUT2D eigenvalue weighted by Crippen LogP contribution is 2.31. The number of amides is 1. The van der Waals surface area contributed by atoms with Crippen molar-refractivity contribution >= 4 is 40.7 Å². The zero-order valence-electron chi connectivity index (χ0n) is 22.8. The molecule has 2 fully saturated rings. The molecule has 2 aliphatic rings. The summed E-state index contributed by atoms with van der Waals surface area (Å²) in [4.78, 5) is 23.1. The number of likely N-dealkylation sites (N-methyl/N-ethyl adjacent to an activating group) is 1. The number of piperazine rings is 1. The van der Waals surface area contributed by atoms with Crippen LogP contribution < -0.4 is 21.3 Å². The Morgan fingerprint density at radius 3 is 2.44 bits per heavy atom. The van der Waals surface area contributed by atoms with Crippen LogP contribution >= 0.6 is 11.8 Å². The zero-order chi connectivity index (χ0) is 28.9. The number of hydrogen-bond acceptors (Lipinski definition) is 9. The summed E-state index contributed by atoms with van der Waals surface area (Å²) < 4.78 is 32.8. The highest BCUT2D eigenvalue weighted by molar-refractivity contribution is 7.99. The van der Waals surface area contributed by atoms with E-state index in [0.29, 0.717) is 34.3 Å². The molecule has 1 amide bonds. The van der Waals surface area contributed by atoms with Gasteiger partial charge >= 0.3 is 0 Å². The number of halogens is 2. The molecule has 2 aromatic carbocycles. The van der Waals surface area contributed by atoms with Crippen molar-refractivity contribution in [3.8, 4) is 0 Å². The first-order valence-electron chi connectivity index (χ1n) is 13.5. The normalized spacial score (nSPS) is 16.4. The maximum atomic E-state index is 13.6. The van der Waals surface area contributed by atoms with E-state index in [1.807, 2.05) is 12.1 Å². The van der Waals surface area contributed by atoms with Crippen molar-refractivity contribution in [3.05, 3.63) is 71.4 Å². The number of ether oxygens (including phenoxy) is 1. The van der Waals surface area contributed by atoms with Gasteiger partial charge < -0.3 is 30.9 Å². The number of aromatic nitrogens is 1. The van der Waals surface area contributed by atoms with Crippen LogP contribution in [0.1, 0.15) is 28.8 Å². The average molecular weight is 582 g/mol. The van der Waals surface area contributed by atoms with E-state index in [2.05, 4.69) is 32.5 Å². The molecule has 5 rings (SSSR count). The van der Waals surface area contributed by atoms with Gasteiger partial charge in [0, 0.05) is 78.9 Å². The van der Waals surface area contributed by atoms with Crippen LogP contribution in [0, 0.1) is 17.0 Å². The van der Waals surface area contributed by atoms with Crippen LogP contribution in [0.25, 0.3) is 0 Å². The lowest BCUT2D eigenvalue weighted by molar-refractivity contribution is 0.0904. The number of carbonyl (C=O) groups is 1. The Labute approximate surface area is 242 Å². The van der Waals surface area contributed by atoms with Crippen LogP contribution in [0.3, 0.4) is 0 Å². The van der Waals surface area contributed by atoms with E-state index in [1.54, 1.807) is 12.1 Å². The molecule has 2 saturated heterocycles. The molecule has 0 atom stereocenters. The Kier molecular flexibility index (Phi) is 9.01. The predicted molar refractivity (Wildman–Crippen MR) is 157 cm³/mol. The van der Waals surface area contributed by atoms with Gasteiger partial charge in [0.15, 0.2) is 0 Å². The molecule has 41 heavy (non-hydrogen) atoms. The first kappa shape index (κ1) is 28.8. The van der Waals surface area contributed by atoms with E-state index in [1.165, 1.54) is 18.3 Å². The molecule has 3 heterocycles. The van der Waals surface area contributed by atoms with E-state index >= 15 is 0 Å². The number of nitrogens with zero attached hydrogens (tertiary/aromatic N) is 3. The number of carbonyl (C=O) groups excluding carboxylic acids is 1. The first-order chi connectivity index (χ1) is 19.7. The minimum atomic E-state index is -0.694. The van der Waals surface area contributed by atoms with Crippen LogP contribution in [0.5, 0.6) is 0 Å². The van der Waals surface area contributed by atoms with E-state index in [4.69, 9.17) is 15.9 Å². The second kappa shape index (κ2) is 12.8. The largest absolute Gasteiger partial charge is 0.383 e.